The molecule has 2 nitrogen and oxygen atoms in total. The summed E-state index contributed by atoms with van der Waals surface area (Å²) in [7, 11) is 0. The van der Waals surface area contributed by atoms with Crippen LogP contribution in [0.2, 0.25) is 0 Å². The van der Waals surface area contributed by atoms with Gasteiger partial charge in [-0.2, -0.15) is 0 Å². The van der Waals surface area contributed by atoms with Crippen molar-refractivity contribution < 1.29 is 9.78 Å². The van der Waals surface area contributed by atoms with Crippen molar-refractivity contribution in [2.24, 2.45) is 0 Å². The maximum atomic E-state index is 5.14. The normalized spacial score (nSPS) is 40.8. The smallest absolute Gasteiger partial charge is 0.0956 e. The molecule has 2 unspecified atom stereocenters. The second-order valence-corrected chi connectivity index (χ2v) is 3.31. The summed E-state index contributed by atoms with van der Waals surface area (Å²) < 4.78 is 0. The second kappa shape index (κ2) is 2.89. The van der Waals surface area contributed by atoms with Crippen molar-refractivity contribution >= 4 is 0 Å². The molecule has 0 radical (unpaired) electrons. The monoisotopic (exact) mass is 142 g/mol. The van der Waals surface area contributed by atoms with Crippen LogP contribution < -0.4 is 0 Å². The summed E-state index contributed by atoms with van der Waals surface area (Å²) in [6.07, 6.45) is 8.39. The lowest BCUT2D eigenvalue weighted by Gasteiger charge is -2.09. The van der Waals surface area contributed by atoms with Crippen LogP contribution in [0, 0.1) is 0 Å². The first kappa shape index (κ1) is 6.62. The van der Waals surface area contributed by atoms with E-state index in [0.29, 0.717) is 12.2 Å². The average molecular weight is 142 g/mol. The molecule has 1 saturated heterocycles. The lowest BCUT2D eigenvalue weighted by molar-refractivity contribution is -0.296. The van der Waals surface area contributed by atoms with Crippen molar-refractivity contribution in [3.05, 3.63) is 0 Å². The van der Waals surface area contributed by atoms with E-state index in [4.69, 9.17) is 9.78 Å². The van der Waals surface area contributed by atoms with Crippen molar-refractivity contribution in [3.8, 4) is 0 Å². The molecule has 2 heteroatoms. The van der Waals surface area contributed by atoms with Gasteiger partial charge in [-0.15, -0.1) is 0 Å². The molecule has 0 N–H and O–H groups in total. The van der Waals surface area contributed by atoms with Crippen molar-refractivity contribution in [1.82, 2.24) is 0 Å². The summed E-state index contributed by atoms with van der Waals surface area (Å²) >= 11 is 0. The van der Waals surface area contributed by atoms with Gasteiger partial charge in [0.1, 0.15) is 0 Å². The predicted octanol–water partition coefficient (Wildman–Crippen LogP) is 2.04. The third kappa shape index (κ3) is 1.32. The van der Waals surface area contributed by atoms with Crippen molar-refractivity contribution in [2.45, 2.75) is 50.7 Å². The lowest BCUT2D eigenvalue weighted by atomic mass is 9.97. The average Bonchev–Trinajstić information content (AvgIpc) is 2.30. The second-order valence-electron chi connectivity index (χ2n) is 3.31. The standard InChI is InChI=1S/C8H14O2/c1-2-4-7-6-8(5-3-1)10-9-7/h7-8H,1-6H2. The highest BCUT2D eigenvalue weighted by molar-refractivity contribution is 4.72. The van der Waals surface area contributed by atoms with Crippen molar-refractivity contribution in [2.75, 3.05) is 0 Å². The molecule has 0 spiro atoms. The summed E-state index contributed by atoms with van der Waals surface area (Å²) in [5.74, 6) is 0. The highest BCUT2D eigenvalue weighted by Gasteiger charge is 2.27. The topological polar surface area (TPSA) is 18.5 Å². The van der Waals surface area contributed by atoms with Crippen LogP contribution in [0.1, 0.15) is 38.5 Å². The summed E-state index contributed by atoms with van der Waals surface area (Å²) in [6, 6.07) is 0. The third-order valence-corrected chi connectivity index (χ3v) is 2.41. The van der Waals surface area contributed by atoms with Gasteiger partial charge in [0.2, 0.25) is 0 Å². The Kier molecular flexibility index (Phi) is 1.91. The van der Waals surface area contributed by atoms with E-state index in [1.807, 2.05) is 0 Å². The molecule has 2 fully saturated rings. The fraction of sp³-hybridized carbons (Fsp3) is 1.00. The van der Waals surface area contributed by atoms with Crippen LogP contribution in [0.4, 0.5) is 0 Å². The maximum absolute atomic E-state index is 5.14. The van der Waals surface area contributed by atoms with Gasteiger partial charge in [-0.3, -0.25) is 0 Å². The first-order valence-electron chi connectivity index (χ1n) is 4.27. The zero-order chi connectivity index (χ0) is 6.81. The van der Waals surface area contributed by atoms with Crippen LogP contribution in [0.25, 0.3) is 0 Å². The molecule has 1 aliphatic carbocycles. The summed E-state index contributed by atoms with van der Waals surface area (Å²) in [6.45, 7) is 0. The van der Waals surface area contributed by atoms with Crippen LogP contribution >= 0.6 is 0 Å². The zero-order valence-electron chi connectivity index (χ0n) is 6.21. The Bertz CT molecular complexity index is 102. The van der Waals surface area contributed by atoms with Gasteiger partial charge in [0.25, 0.3) is 0 Å². The van der Waals surface area contributed by atoms with E-state index in [1.165, 1.54) is 32.1 Å². The molecule has 1 aliphatic heterocycles. The highest BCUT2D eigenvalue weighted by Crippen LogP contribution is 2.27. The molecule has 10 heavy (non-hydrogen) atoms. The number of hydrogen-bond donors (Lipinski definition) is 0. The molecule has 0 amide bonds. The van der Waals surface area contributed by atoms with E-state index in [2.05, 4.69) is 0 Å². The SMILES string of the molecule is C1CCC2CC(CC1)OO2. The Morgan fingerprint density at radius 1 is 0.800 bits per heavy atom. The van der Waals surface area contributed by atoms with Gasteiger partial charge in [-0.05, 0) is 12.8 Å². The molecule has 2 bridgehead atoms. The minimum atomic E-state index is 0.422. The van der Waals surface area contributed by atoms with Gasteiger partial charge in [-0.25, -0.2) is 9.78 Å². The van der Waals surface area contributed by atoms with Gasteiger partial charge in [0.15, 0.2) is 0 Å². The lowest BCUT2D eigenvalue weighted by Crippen LogP contribution is -2.09. The van der Waals surface area contributed by atoms with Crippen LogP contribution in [0.5, 0.6) is 0 Å². The number of hydrogen-bond acceptors (Lipinski definition) is 2. The third-order valence-electron chi connectivity index (χ3n) is 2.41. The molecule has 2 rings (SSSR count). The van der Waals surface area contributed by atoms with E-state index < -0.39 is 0 Å². The Morgan fingerprint density at radius 2 is 1.40 bits per heavy atom. The summed E-state index contributed by atoms with van der Waals surface area (Å²) in [5, 5.41) is 0. The van der Waals surface area contributed by atoms with Gasteiger partial charge in [0.05, 0.1) is 12.2 Å². The summed E-state index contributed by atoms with van der Waals surface area (Å²) in [5.41, 5.74) is 0. The van der Waals surface area contributed by atoms with Crippen molar-refractivity contribution in [3.63, 3.8) is 0 Å². The summed E-state index contributed by atoms with van der Waals surface area (Å²) in [4.78, 5) is 10.3. The van der Waals surface area contributed by atoms with Gasteiger partial charge in [-0.1, -0.05) is 19.3 Å². The van der Waals surface area contributed by atoms with Crippen LogP contribution in [0.15, 0.2) is 0 Å². The minimum absolute atomic E-state index is 0.422. The first-order valence-corrected chi connectivity index (χ1v) is 4.27. The maximum Gasteiger partial charge on any atom is 0.0956 e. The highest BCUT2D eigenvalue weighted by atomic mass is 17.2. The molecule has 0 aromatic heterocycles. The van der Waals surface area contributed by atoms with Crippen molar-refractivity contribution in [1.29, 1.82) is 0 Å². The fourth-order valence-electron chi connectivity index (χ4n) is 1.78. The Balaban J connectivity index is 1.91. The molecule has 0 aromatic carbocycles. The van der Waals surface area contributed by atoms with Crippen LogP contribution in [0.3, 0.4) is 0 Å². The molecule has 1 saturated carbocycles. The molecule has 2 aliphatic rings. The molecule has 1 heterocycles. The van der Waals surface area contributed by atoms with E-state index in [0.717, 1.165) is 6.42 Å². The Labute approximate surface area is 61.4 Å². The minimum Gasteiger partial charge on any atom is -0.233 e. The molecule has 2 atom stereocenters. The van der Waals surface area contributed by atoms with Gasteiger partial charge < -0.3 is 0 Å². The van der Waals surface area contributed by atoms with Gasteiger partial charge in [0, 0.05) is 6.42 Å². The van der Waals surface area contributed by atoms with E-state index in [9.17, 15) is 0 Å². The molecule has 58 valence electrons. The van der Waals surface area contributed by atoms with E-state index in [1.54, 1.807) is 0 Å². The molecule has 0 aromatic rings. The van der Waals surface area contributed by atoms with Gasteiger partial charge >= 0.3 is 0 Å². The number of fused-ring (bicyclic) bond motifs is 2. The van der Waals surface area contributed by atoms with E-state index >= 15 is 0 Å². The zero-order valence-corrected chi connectivity index (χ0v) is 6.21. The van der Waals surface area contributed by atoms with Crippen LogP contribution in [-0.4, -0.2) is 12.2 Å². The fourth-order valence-corrected chi connectivity index (χ4v) is 1.78. The Hall–Kier alpha value is -0.0800. The number of rotatable bonds is 0. The van der Waals surface area contributed by atoms with Crippen LogP contribution in [-0.2, 0) is 9.78 Å². The first-order chi connectivity index (χ1) is 4.95. The molecular weight excluding hydrogens is 128 g/mol. The largest absolute Gasteiger partial charge is 0.233 e. The van der Waals surface area contributed by atoms with E-state index in [-0.39, 0.29) is 0 Å². The quantitative estimate of drug-likeness (QED) is 0.482. The molecular formula is C8H14O2. The Morgan fingerprint density at radius 3 is 2.00 bits per heavy atom. The predicted molar refractivity (Wildman–Crippen MR) is 37.4 cm³/mol.